The minimum Gasteiger partial charge on any atom is -0.352 e. The molecule has 0 atom stereocenters. The Bertz CT molecular complexity index is 822. The highest BCUT2D eigenvalue weighted by molar-refractivity contribution is 5.95. The number of para-hydroxylation sites is 1. The maximum Gasteiger partial charge on any atom is 0.254 e. The first-order valence-electron chi connectivity index (χ1n) is 7.39. The van der Waals surface area contributed by atoms with Gasteiger partial charge in [-0.05, 0) is 31.5 Å². The summed E-state index contributed by atoms with van der Waals surface area (Å²) in [6.07, 6.45) is 2.50. The summed E-state index contributed by atoms with van der Waals surface area (Å²) in [4.78, 5) is 16.7. The number of rotatable bonds is 4. The first-order chi connectivity index (χ1) is 10.7. The van der Waals surface area contributed by atoms with Crippen molar-refractivity contribution in [3.63, 3.8) is 0 Å². The van der Waals surface area contributed by atoms with Gasteiger partial charge in [-0.1, -0.05) is 25.1 Å². The van der Waals surface area contributed by atoms with Crippen molar-refractivity contribution in [2.45, 2.75) is 20.3 Å². The lowest BCUT2D eigenvalue weighted by Crippen LogP contribution is -2.24. The molecule has 5 nitrogen and oxygen atoms in total. The van der Waals surface area contributed by atoms with E-state index < -0.39 is 0 Å². The van der Waals surface area contributed by atoms with Crippen molar-refractivity contribution in [1.82, 2.24) is 20.1 Å². The Labute approximate surface area is 129 Å². The van der Waals surface area contributed by atoms with Gasteiger partial charge in [0.2, 0.25) is 0 Å². The Morgan fingerprint density at radius 3 is 2.86 bits per heavy atom. The van der Waals surface area contributed by atoms with Gasteiger partial charge in [0.15, 0.2) is 5.82 Å². The molecule has 1 aromatic carbocycles. The second-order valence-electron chi connectivity index (χ2n) is 5.17. The van der Waals surface area contributed by atoms with Gasteiger partial charge < -0.3 is 5.32 Å². The van der Waals surface area contributed by atoms with Crippen LogP contribution < -0.4 is 5.32 Å². The lowest BCUT2D eigenvalue weighted by atomic mass is 10.2. The maximum atomic E-state index is 12.1. The zero-order valence-corrected chi connectivity index (χ0v) is 12.7. The van der Waals surface area contributed by atoms with Crippen LogP contribution in [-0.2, 0) is 0 Å². The van der Waals surface area contributed by atoms with Gasteiger partial charge in [0.25, 0.3) is 5.91 Å². The molecule has 0 bridgehead atoms. The van der Waals surface area contributed by atoms with Crippen molar-refractivity contribution in [3.05, 3.63) is 53.9 Å². The van der Waals surface area contributed by atoms with E-state index in [0.717, 1.165) is 23.0 Å². The average Bonchev–Trinajstić information content (AvgIpc) is 2.94. The summed E-state index contributed by atoms with van der Waals surface area (Å²) < 4.78 is 1.70. The lowest BCUT2D eigenvalue weighted by molar-refractivity contribution is 0.0953. The molecule has 112 valence electrons. The Morgan fingerprint density at radius 2 is 2.05 bits per heavy atom. The van der Waals surface area contributed by atoms with Gasteiger partial charge in [0.1, 0.15) is 0 Å². The monoisotopic (exact) mass is 294 g/mol. The summed E-state index contributed by atoms with van der Waals surface area (Å²) in [5, 5.41) is 8.27. The number of nitrogens with one attached hydrogen (secondary N) is 1. The second kappa shape index (κ2) is 5.97. The average molecular weight is 294 g/mol. The zero-order chi connectivity index (χ0) is 15.5. The van der Waals surface area contributed by atoms with Crippen LogP contribution in [0.1, 0.15) is 29.4 Å². The van der Waals surface area contributed by atoms with E-state index in [4.69, 9.17) is 0 Å². The molecule has 5 heteroatoms. The molecule has 0 unspecified atom stereocenters. The molecule has 2 aromatic heterocycles. The molecule has 0 aliphatic carbocycles. The van der Waals surface area contributed by atoms with Gasteiger partial charge in [-0.15, -0.1) is 0 Å². The van der Waals surface area contributed by atoms with Gasteiger partial charge >= 0.3 is 0 Å². The summed E-state index contributed by atoms with van der Waals surface area (Å²) in [5.74, 6) is 0.622. The Hall–Kier alpha value is -2.69. The Balaban J connectivity index is 1.97. The molecule has 22 heavy (non-hydrogen) atoms. The number of amides is 1. The van der Waals surface area contributed by atoms with Crippen LogP contribution in [0.25, 0.3) is 16.7 Å². The Kier molecular flexibility index (Phi) is 3.87. The quantitative estimate of drug-likeness (QED) is 0.805. The van der Waals surface area contributed by atoms with E-state index in [1.807, 2.05) is 50.2 Å². The summed E-state index contributed by atoms with van der Waals surface area (Å²) in [6.45, 7) is 4.57. The van der Waals surface area contributed by atoms with E-state index >= 15 is 0 Å². The lowest BCUT2D eigenvalue weighted by Gasteiger charge is -2.06. The van der Waals surface area contributed by atoms with E-state index in [1.54, 1.807) is 10.9 Å². The fourth-order valence-electron chi connectivity index (χ4n) is 2.37. The van der Waals surface area contributed by atoms with Crippen molar-refractivity contribution >= 4 is 16.8 Å². The number of nitrogens with zero attached hydrogens (tertiary/aromatic N) is 3. The van der Waals surface area contributed by atoms with Gasteiger partial charge in [-0.25, -0.2) is 9.67 Å². The summed E-state index contributed by atoms with van der Waals surface area (Å²) in [6, 6.07) is 11.8. The number of fused-ring (bicyclic) bond motifs is 1. The standard InChI is InChI=1S/C17H18N4O/c1-3-10-18-17(22)14-11-19-21(12(14)2)16-9-8-13-6-4-5-7-15(13)20-16/h4-9,11H,3,10H2,1-2H3,(H,18,22). The van der Waals surface area contributed by atoms with E-state index in [2.05, 4.69) is 15.4 Å². The van der Waals surface area contributed by atoms with Crippen molar-refractivity contribution < 1.29 is 4.79 Å². The molecule has 0 aliphatic heterocycles. The topological polar surface area (TPSA) is 59.8 Å². The van der Waals surface area contributed by atoms with Gasteiger partial charge in [-0.3, -0.25) is 4.79 Å². The molecule has 0 saturated heterocycles. The zero-order valence-electron chi connectivity index (χ0n) is 12.7. The number of benzene rings is 1. The Morgan fingerprint density at radius 1 is 1.23 bits per heavy atom. The molecular weight excluding hydrogens is 276 g/mol. The number of hydrogen-bond acceptors (Lipinski definition) is 3. The molecule has 0 fully saturated rings. The van der Waals surface area contributed by atoms with E-state index in [0.29, 0.717) is 17.9 Å². The number of hydrogen-bond donors (Lipinski definition) is 1. The molecule has 0 spiro atoms. The predicted molar refractivity (Wildman–Crippen MR) is 86.2 cm³/mol. The minimum atomic E-state index is -0.0913. The van der Waals surface area contributed by atoms with Gasteiger partial charge in [0.05, 0.1) is 23.0 Å². The molecule has 0 aliphatic rings. The maximum absolute atomic E-state index is 12.1. The third-order valence-corrected chi connectivity index (χ3v) is 3.59. The largest absolute Gasteiger partial charge is 0.352 e. The minimum absolute atomic E-state index is 0.0913. The molecule has 1 N–H and O–H groups in total. The fraction of sp³-hybridized carbons (Fsp3) is 0.235. The second-order valence-corrected chi connectivity index (χ2v) is 5.17. The molecular formula is C17H18N4O. The fourth-order valence-corrected chi connectivity index (χ4v) is 2.37. The number of carbonyl (C=O) groups is 1. The third-order valence-electron chi connectivity index (χ3n) is 3.59. The van der Waals surface area contributed by atoms with Gasteiger partial charge in [-0.2, -0.15) is 5.10 Å². The van der Waals surface area contributed by atoms with Crippen LogP contribution in [0.2, 0.25) is 0 Å². The van der Waals surface area contributed by atoms with E-state index in [-0.39, 0.29) is 5.91 Å². The number of aromatic nitrogens is 3. The van der Waals surface area contributed by atoms with Crippen molar-refractivity contribution in [3.8, 4) is 5.82 Å². The van der Waals surface area contributed by atoms with Crippen LogP contribution >= 0.6 is 0 Å². The van der Waals surface area contributed by atoms with Crippen LogP contribution in [0, 0.1) is 6.92 Å². The van der Waals surface area contributed by atoms with Crippen molar-refractivity contribution in [1.29, 1.82) is 0 Å². The van der Waals surface area contributed by atoms with Crippen LogP contribution in [0.3, 0.4) is 0 Å². The molecule has 0 radical (unpaired) electrons. The SMILES string of the molecule is CCCNC(=O)c1cnn(-c2ccc3ccccc3n2)c1C. The molecule has 0 saturated carbocycles. The van der Waals surface area contributed by atoms with Crippen LogP contribution in [0.15, 0.2) is 42.6 Å². The highest BCUT2D eigenvalue weighted by Crippen LogP contribution is 2.17. The normalized spacial score (nSPS) is 10.8. The summed E-state index contributed by atoms with van der Waals surface area (Å²) >= 11 is 0. The molecule has 3 rings (SSSR count). The molecule has 1 amide bonds. The number of pyridine rings is 1. The van der Waals surface area contributed by atoms with Gasteiger partial charge in [0, 0.05) is 11.9 Å². The van der Waals surface area contributed by atoms with E-state index in [1.165, 1.54) is 0 Å². The summed E-state index contributed by atoms with van der Waals surface area (Å²) in [7, 11) is 0. The highest BCUT2D eigenvalue weighted by atomic mass is 16.1. The third kappa shape index (κ3) is 2.57. The molecule has 3 aromatic rings. The van der Waals surface area contributed by atoms with Crippen molar-refractivity contribution in [2.24, 2.45) is 0 Å². The van der Waals surface area contributed by atoms with Crippen LogP contribution in [0.5, 0.6) is 0 Å². The van der Waals surface area contributed by atoms with Crippen LogP contribution in [-0.4, -0.2) is 27.2 Å². The first kappa shape index (κ1) is 14.3. The van der Waals surface area contributed by atoms with Crippen LogP contribution in [0.4, 0.5) is 0 Å². The number of carbonyl (C=O) groups excluding carboxylic acids is 1. The van der Waals surface area contributed by atoms with E-state index in [9.17, 15) is 4.79 Å². The highest BCUT2D eigenvalue weighted by Gasteiger charge is 2.15. The summed E-state index contributed by atoms with van der Waals surface area (Å²) in [5.41, 5.74) is 2.28. The predicted octanol–water partition coefficient (Wildman–Crippen LogP) is 2.87. The molecule has 2 heterocycles. The first-order valence-corrected chi connectivity index (χ1v) is 7.39. The smallest absolute Gasteiger partial charge is 0.254 e. The van der Waals surface area contributed by atoms with Crippen molar-refractivity contribution in [2.75, 3.05) is 6.54 Å².